The van der Waals surface area contributed by atoms with Gasteiger partial charge in [-0.25, -0.2) is 0 Å². The quantitative estimate of drug-likeness (QED) is 0.286. The first-order valence-corrected chi connectivity index (χ1v) is 4.78. The van der Waals surface area contributed by atoms with Crippen LogP contribution in [0.2, 0.25) is 0 Å². The molecule has 0 aromatic heterocycles. The minimum atomic E-state index is -0.473. The summed E-state index contributed by atoms with van der Waals surface area (Å²) in [6, 6.07) is 0. The molecule has 82 valence electrons. The molecule has 0 amide bonds. The van der Waals surface area contributed by atoms with Crippen LogP contribution in [0.4, 0.5) is 0 Å². The monoisotopic (exact) mass is 213 g/mol. The summed E-state index contributed by atoms with van der Waals surface area (Å²) < 4.78 is 0.0312. The fraction of sp³-hybridized carbons (Fsp3) is 0.625. The average Bonchev–Trinajstić information content (AvgIpc) is 2.86. The third-order valence-corrected chi connectivity index (χ3v) is 2.59. The van der Waals surface area contributed by atoms with E-state index in [-0.39, 0.29) is 17.0 Å². The number of rotatable bonds is 4. The standard InChI is InChI=1S/C8H13N4O3/c13-6-5-12(7-10-2-3-10)4-1-9-8(12)11(14)15/h1,4,13H,2-3,5-7H2/q+1/t12-/m0/s1. The highest BCUT2D eigenvalue weighted by molar-refractivity contribution is 5.67. The van der Waals surface area contributed by atoms with Gasteiger partial charge < -0.3 is 15.2 Å². The van der Waals surface area contributed by atoms with Crippen LogP contribution in [0.1, 0.15) is 0 Å². The topological polar surface area (TPSA) is 78.7 Å². The predicted octanol–water partition coefficient (Wildman–Crippen LogP) is -0.814. The van der Waals surface area contributed by atoms with Gasteiger partial charge in [-0.15, -0.1) is 0 Å². The normalized spacial score (nSPS) is 29.3. The van der Waals surface area contributed by atoms with Gasteiger partial charge in [0.2, 0.25) is 0 Å². The Balaban J connectivity index is 2.19. The summed E-state index contributed by atoms with van der Waals surface area (Å²) in [5, 5.41) is 19.8. The molecule has 2 aliphatic heterocycles. The summed E-state index contributed by atoms with van der Waals surface area (Å²) in [5.41, 5.74) is 0. The van der Waals surface area contributed by atoms with Crippen LogP contribution in [0.25, 0.3) is 0 Å². The van der Waals surface area contributed by atoms with Gasteiger partial charge in [-0.3, -0.25) is 4.90 Å². The Morgan fingerprint density at radius 1 is 1.67 bits per heavy atom. The molecule has 7 heteroatoms. The van der Waals surface area contributed by atoms with Crippen LogP contribution >= 0.6 is 0 Å². The molecule has 0 aromatic rings. The summed E-state index contributed by atoms with van der Waals surface area (Å²) in [4.78, 5) is 16.2. The summed E-state index contributed by atoms with van der Waals surface area (Å²) in [5.74, 6) is -0.101. The van der Waals surface area contributed by atoms with E-state index < -0.39 is 4.92 Å². The van der Waals surface area contributed by atoms with Crippen LogP contribution in [0.5, 0.6) is 0 Å². The lowest BCUT2D eigenvalue weighted by Gasteiger charge is -2.26. The summed E-state index contributed by atoms with van der Waals surface area (Å²) >= 11 is 0. The molecule has 15 heavy (non-hydrogen) atoms. The Morgan fingerprint density at radius 2 is 2.40 bits per heavy atom. The molecule has 0 radical (unpaired) electrons. The lowest BCUT2D eigenvalue weighted by molar-refractivity contribution is -0.830. The maximum atomic E-state index is 10.8. The zero-order valence-corrected chi connectivity index (χ0v) is 8.24. The molecule has 0 unspecified atom stereocenters. The van der Waals surface area contributed by atoms with Gasteiger partial charge >= 0.3 is 5.96 Å². The van der Waals surface area contributed by atoms with Gasteiger partial charge in [0, 0.05) is 23.0 Å². The van der Waals surface area contributed by atoms with Gasteiger partial charge in [0.05, 0.1) is 6.61 Å². The minimum Gasteiger partial charge on any atom is -0.390 e. The largest absolute Gasteiger partial charge is 0.544 e. The highest BCUT2D eigenvalue weighted by Gasteiger charge is 2.47. The van der Waals surface area contributed by atoms with Crippen molar-refractivity contribution in [3.63, 3.8) is 0 Å². The number of nitrogens with zero attached hydrogens (tertiary/aromatic N) is 4. The Kier molecular flexibility index (Phi) is 2.51. The third kappa shape index (κ3) is 1.89. The van der Waals surface area contributed by atoms with Crippen molar-refractivity contribution in [1.82, 2.24) is 4.90 Å². The number of aliphatic hydroxyl groups is 1. The van der Waals surface area contributed by atoms with Gasteiger partial charge in [0.1, 0.15) is 6.54 Å². The van der Waals surface area contributed by atoms with Crippen molar-refractivity contribution in [2.24, 2.45) is 4.99 Å². The van der Waals surface area contributed by atoms with E-state index in [2.05, 4.69) is 9.89 Å². The first-order chi connectivity index (χ1) is 7.18. The molecule has 1 fully saturated rings. The smallest absolute Gasteiger partial charge is 0.390 e. The van der Waals surface area contributed by atoms with Crippen LogP contribution < -0.4 is 0 Å². The van der Waals surface area contributed by atoms with Crippen molar-refractivity contribution in [3.05, 3.63) is 22.5 Å². The Bertz CT molecular complexity index is 337. The van der Waals surface area contributed by atoms with Crippen molar-refractivity contribution in [2.75, 3.05) is 32.9 Å². The van der Waals surface area contributed by atoms with Crippen molar-refractivity contribution in [3.8, 4) is 0 Å². The number of aliphatic imine (C=N–C) groups is 1. The van der Waals surface area contributed by atoms with Crippen molar-refractivity contribution >= 4 is 5.96 Å². The third-order valence-electron chi connectivity index (χ3n) is 2.59. The van der Waals surface area contributed by atoms with Gasteiger partial charge in [-0.1, -0.05) is 0 Å². The molecule has 1 N–H and O–H groups in total. The first-order valence-electron chi connectivity index (χ1n) is 4.78. The van der Waals surface area contributed by atoms with Crippen LogP contribution in [0.15, 0.2) is 17.4 Å². The summed E-state index contributed by atoms with van der Waals surface area (Å²) in [6.07, 6.45) is 3.12. The van der Waals surface area contributed by atoms with E-state index in [1.54, 1.807) is 6.20 Å². The fourth-order valence-corrected chi connectivity index (χ4v) is 1.72. The maximum Gasteiger partial charge on any atom is 0.544 e. The number of nitro groups is 1. The van der Waals surface area contributed by atoms with Gasteiger partial charge in [-0.05, 0) is 0 Å². The lowest BCUT2D eigenvalue weighted by Crippen LogP contribution is -2.54. The van der Waals surface area contributed by atoms with E-state index in [0.717, 1.165) is 13.1 Å². The second-order valence-electron chi connectivity index (χ2n) is 3.73. The second kappa shape index (κ2) is 3.69. The molecular weight excluding hydrogens is 200 g/mol. The zero-order chi connectivity index (χ0) is 10.9. The minimum absolute atomic E-state index is 0.0312. The highest BCUT2D eigenvalue weighted by atomic mass is 16.6. The Labute approximate surface area is 86.7 Å². The number of quaternary nitrogens is 1. The van der Waals surface area contributed by atoms with E-state index in [1.807, 2.05) is 0 Å². The average molecular weight is 213 g/mol. The van der Waals surface area contributed by atoms with E-state index >= 15 is 0 Å². The van der Waals surface area contributed by atoms with Gasteiger partial charge in [0.25, 0.3) is 0 Å². The molecule has 1 atom stereocenters. The Morgan fingerprint density at radius 3 is 2.93 bits per heavy atom. The lowest BCUT2D eigenvalue weighted by atomic mass is 10.4. The molecule has 0 spiro atoms. The zero-order valence-electron chi connectivity index (χ0n) is 8.24. The van der Waals surface area contributed by atoms with Crippen LogP contribution in [0.3, 0.4) is 0 Å². The molecule has 2 aliphatic rings. The van der Waals surface area contributed by atoms with E-state index in [4.69, 9.17) is 5.11 Å². The SMILES string of the molecule is O=[N+]([O-])C1=NC=C[N@+]1(CCO)CN1CC1. The number of aliphatic hydroxyl groups excluding tert-OH is 1. The van der Waals surface area contributed by atoms with E-state index in [9.17, 15) is 10.1 Å². The Hall–Kier alpha value is -1.31. The first kappa shape index (κ1) is 10.2. The number of guanidine groups is 1. The fourth-order valence-electron chi connectivity index (χ4n) is 1.72. The molecule has 2 heterocycles. The van der Waals surface area contributed by atoms with Crippen molar-refractivity contribution in [2.45, 2.75) is 0 Å². The molecule has 0 bridgehead atoms. The van der Waals surface area contributed by atoms with Crippen molar-refractivity contribution < 1.29 is 14.5 Å². The number of hydrogen-bond donors (Lipinski definition) is 1. The van der Waals surface area contributed by atoms with Gasteiger partial charge in [-0.2, -0.15) is 4.48 Å². The predicted molar refractivity (Wildman–Crippen MR) is 52.2 cm³/mol. The highest BCUT2D eigenvalue weighted by Crippen LogP contribution is 2.21. The molecular formula is C8H13N4O3+. The van der Waals surface area contributed by atoms with Crippen LogP contribution in [0, 0.1) is 10.1 Å². The molecule has 7 nitrogen and oxygen atoms in total. The second-order valence-corrected chi connectivity index (χ2v) is 3.73. The van der Waals surface area contributed by atoms with Crippen molar-refractivity contribution in [1.29, 1.82) is 0 Å². The summed E-state index contributed by atoms with van der Waals surface area (Å²) in [7, 11) is 0. The van der Waals surface area contributed by atoms with Crippen LogP contribution in [-0.4, -0.2) is 58.3 Å². The molecule has 0 saturated carbocycles. The molecule has 2 rings (SSSR count). The maximum absolute atomic E-state index is 10.8. The van der Waals surface area contributed by atoms with Crippen LogP contribution in [-0.2, 0) is 0 Å². The molecule has 0 aromatic carbocycles. The van der Waals surface area contributed by atoms with Gasteiger partial charge in [0.15, 0.2) is 19.1 Å². The van der Waals surface area contributed by atoms with E-state index in [1.165, 1.54) is 6.20 Å². The van der Waals surface area contributed by atoms with E-state index in [0.29, 0.717) is 13.2 Å². The molecule has 0 aliphatic carbocycles. The molecule has 1 saturated heterocycles. The summed E-state index contributed by atoms with van der Waals surface area (Å²) in [6.45, 7) is 2.66. The number of hydrogen-bond acceptors (Lipinski definition) is 5.